The van der Waals surface area contributed by atoms with E-state index >= 15 is 0 Å². The Hall–Kier alpha value is -1.37. The second kappa shape index (κ2) is 5.11. The van der Waals surface area contributed by atoms with Crippen molar-refractivity contribution in [2.24, 2.45) is 0 Å². The molecule has 0 saturated heterocycles. The van der Waals surface area contributed by atoms with Crippen LogP contribution in [0.15, 0.2) is 46.3 Å². The maximum atomic E-state index is 9.09. The lowest BCUT2D eigenvalue weighted by Gasteiger charge is -1.96. The average molecular weight is 290 g/mol. The molecule has 1 nitrogen and oxygen atoms in total. The summed E-state index contributed by atoms with van der Waals surface area (Å²) in [5, 5.41) is 11.1. The molecule has 0 atom stereocenters. The van der Waals surface area contributed by atoms with Crippen LogP contribution in [-0.2, 0) is 0 Å². The SMILES string of the molecule is N#C/C(=C/c1ccc(Br)cc1)c1cccs1. The van der Waals surface area contributed by atoms with Gasteiger partial charge in [-0.2, -0.15) is 5.26 Å². The van der Waals surface area contributed by atoms with Crippen LogP contribution in [0.5, 0.6) is 0 Å². The molecular formula is C13H8BrNS. The van der Waals surface area contributed by atoms with Gasteiger partial charge in [0.15, 0.2) is 0 Å². The van der Waals surface area contributed by atoms with Crippen molar-refractivity contribution in [1.29, 1.82) is 5.26 Å². The molecule has 0 aliphatic rings. The van der Waals surface area contributed by atoms with Crippen LogP contribution in [0.2, 0.25) is 0 Å². The first kappa shape index (κ1) is 11.1. The summed E-state index contributed by atoms with van der Waals surface area (Å²) in [5.74, 6) is 0. The molecular weight excluding hydrogens is 282 g/mol. The lowest BCUT2D eigenvalue weighted by molar-refractivity contribution is 1.54. The van der Waals surface area contributed by atoms with Crippen LogP contribution in [-0.4, -0.2) is 0 Å². The summed E-state index contributed by atoms with van der Waals surface area (Å²) in [5.41, 5.74) is 1.74. The van der Waals surface area contributed by atoms with Crippen LogP contribution in [0.25, 0.3) is 11.6 Å². The molecule has 0 fully saturated rings. The highest BCUT2D eigenvalue weighted by Gasteiger charge is 2.01. The first-order chi connectivity index (χ1) is 7.79. The van der Waals surface area contributed by atoms with E-state index in [4.69, 9.17) is 5.26 Å². The van der Waals surface area contributed by atoms with Gasteiger partial charge < -0.3 is 0 Å². The molecule has 2 aromatic rings. The number of rotatable bonds is 2. The van der Waals surface area contributed by atoms with Gasteiger partial charge in [-0.25, -0.2) is 0 Å². The number of nitrogens with zero attached hydrogens (tertiary/aromatic N) is 1. The van der Waals surface area contributed by atoms with E-state index in [-0.39, 0.29) is 0 Å². The molecule has 1 aromatic carbocycles. The van der Waals surface area contributed by atoms with E-state index in [1.165, 1.54) is 0 Å². The quantitative estimate of drug-likeness (QED) is 0.743. The molecule has 0 unspecified atom stereocenters. The molecule has 0 N–H and O–H groups in total. The monoisotopic (exact) mass is 289 g/mol. The molecule has 0 spiro atoms. The lowest BCUT2D eigenvalue weighted by atomic mass is 10.1. The Kier molecular flexibility index (Phi) is 3.55. The van der Waals surface area contributed by atoms with Gasteiger partial charge in [0.2, 0.25) is 0 Å². The number of hydrogen-bond donors (Lipinski definition) is 0. The Labute approximate surface area is 107 Å². The fourth-order valence-corrected chi connectivity index (χ4v) is 2.27. The predicted octanol–water partition coefficient (Wildman–Crippen LogP) is 4.57. The molecule has 0 aliphatic carbocycles. The number of thiophene rings is 1. The first-order valence-corrected chi connectivity index (χ1v) is 6.38. The van der Waals surface area contributed by atoms with Gasteiger partial charge in [0.1, 0.15) is 6.07 Å². The van der Waals surface area contributed by atoms with E-state index in [1.54, 1.807) is 11.3 Å². The number of allylic oxidation sites excluding steroid dienone is 1. The van der Waals surface area contributed by atoms with E-state index < -0.39 is 0 Å². The maximum Gasteiger partial charge on any atom is 0.101 e. The van der Waals surface area contributed by atoms with Gasteiger partial charge in [-0.15, -0.1) is 11.3 Å². The number of halogens is 1. The van der Waals surface area contributed by atoms with Gasteiger partial charge in [0.25, 0.3) is 0 Å². The van der Waals surface area contributed by atoms with E-state index in [2.05, 4.69) is 22.0 Å². The second-order valence-corrected chi connectivity index (χ2v) is 5.06. The Morgan fingerprint density at radius 2 is 2.00 bits per heavy atom. The smallest absolute Gasteiger partial charge is 0.101 e. The average Bonchev–Trinajstić information content (AvgIpc) is 2.82. The van der Waals surface area contributed by atoms with Crippen molar-refractivity contribution in [3.63, 3.8) is 0 Å². The summed E-state index contributed by atoms with van der Waals surface area (Å²) in [4.78, 5) is 1.01. The van der Waals surface area contributed by atoms with Crippen molar-refractivity contribution in [3.05, 3.63) is 56.7 Å². The Balaban J connectivity index is 2.36. The highest BCUT2D eigenvalue weighted by molar-refractivity contribution is 9.10. The summed E-state index contributed by atoms with van der Waals surface area (Å²) < 4.78 is 1.04. The molecule has 0 radical (unpaired) electrons. The van der Waals surface area contributed by atoms with Gasteiger partial charge in [-0.3, -0.25) is 0 Å². The zero-order valence-corrected chi connectivity index (χ0v) is 10.8. The fourth-order valence-electron chi connectivity index (χ4n) is 1.32. The van der Waals surface area contributed by atoms with Crippen molar-refractivity contribution in [1.82, 2.24) is 0 Å². The summed E-state index contributed by atoms with van der Waals surface area (Å²) in [6, 6.07) is 14.0. The molecule has 1 heterocycles. The van der Waals surface area contributed by atoms with Crippen LogP contribution >= 0.6 is 27.3 Å². The number of hydrogen-bond acceptors (Lipinski definition) is 2. The van der Waals surface area contributed by atoms with Crippen molar-refractivity contribution in [3.8, 4) is 6.07 Å². The Morgan fingerprint density at radius 1 is 1.25 bits per heavy atom. The van der Waals surface area contributed by atoms with Gasteiger partial charge in [0, 0.05) is 9.35 Å². The van der Waals surface area contributed by atoms with Crippen molar-refractivity contribution < 1.29 is 0 Å². The minimum Gasteiger partial charge on any atom is -0.192 e. The van der Waals surface area contributed by atoms with Gasteiger partial charge in [-0.05, 0) is 35.2 Å². The minimum absolute atomic E-state index is 0.706. The van der Waals surface area contributed by atoms with Crippen LogP contribution < -0.4 is 0 Å². The van der Waals surface area contributed by atoms with E-state index in [0.717, 1.165) is 14.9 Å². The maximum absolute atomic E-state index is 9.09. The molecule has 3 heteroatoms. The third kappa shape index (κ3) is 2.60. The second-order valence-electron chi connectivity index (χ2n) is 3.20. The van der Waals surface area contributed by atoms with E-state index in [9.17, 15) is 0 Å². The third-order valence-corrected chi connectivity index (χ3v) is 3.52. The summed E-state index contributed by atoms with van der Waals surface area (Å²) in [6.07, 6.45) is 1.90. The normalized spacial score (nSPS) is 11.1. The molecule has 0 aliphatic heterocycles. The zero-order chi connectivity index (χ0) is 11.4. The Morgan fingerprint density at radius 3 is 2.56 bits per heavy atom. The summed E-state index contributed by atoms with van der Waals surface area (Å²) in [7, 11) is 0. The highest BCUT2D eigenvalue weighted by atomic mass is 79.9. The third-order valence-electron chi connectivity index (χ3n) is 2.09. The summed E-state index contributed by atoms with van der Waals surface area (Å²) in [6.45, 7) is 0. The van der Waals surface area contributed by atoms with Gasteiger partial charge in [-0.1, -0.05) is 34.1 Å². The largest absolute Gasteiger partial charge is 0.192 e. The molecule has 2 rings (SSSR count). The van der Waals surface area contributed by atoms with Crippen LogP contribution in [0.1, 0.15) is 10.4 Å². The lowest BCUT2D eigenvalue weighted by Crippen LogP contribution is -1.76. The van der Waals surface area contributed by atoms with E-state index in [1.807, 2.05) is 47.9 Å². The minimum atomic E-state index is 0.706. The number of nitriles is 1. The van der Waals surface area contributed by atoms with Crippen LogP contribution in [0, 0.1) is 11.3 Å². The zero-order valence-electron chi connectivity index (χ0n) is 8.35. The predicted molar refractivity (Wildman–Crippen MR) is 71.9 cm³/mol. The molecule has 0 saturated carbocycles. The van der Waals surface area contributed by atoms with Gasteiger partial charge >= 0.3 is 0 Å². The molecule has 1 aromatic heterocycles. The van der Waals surface area contributed by atoms with Crippen molar-refractivity contribution in [2.45, 2.75) is 0 Å². The molecule has 0 amide bonds. The van der Waals surface area contributed by atoms with Crippen LogP contribution in [0.4, 0.5) is 0 Å². The highest BCUT2D eigenvalue weighted by Crippen LogP contribution is 2.22. The standard InChI is InChI=1S/C13H8BrNS/c14-12-5-3-10(4-6-12)8-11(9-15)13-2-1-7-16-13/h1-8H/b11-8-. The van der Waals surface area contributed by atoms with Crippen molar-refractivity contribution >= 4 is 38.9 Å². The molecule has 78 valence electrons. The Bertz CT molecular complexity index is 532. The first-order valence-electron chi connectivity index (χ1n) is 4.71. The van der Waals surface area contributed by atoms with E-state index in [0.29, 0.717) is 5.57 Å². The fraction of sp³-hybridized carbons (Fsp3) is 0. The number of benzene rings is 1. The summed E-state index contributed by atoms with van der Waals surface area (Å²) >= 11 is 4.96. The van der Waals surface area contributed by atoms with Crippen LogP contribution in [0.3, 0.4) is 0 Å². The van der Waals surface area contributed by atoms with Crippen molar-refractivity contribution in [2.75, 3.05) is 0 Å². The van der Waals surface area contributed by atoms with Gasteiger partial charge in [0.05, 0.1) is 5.57 Å². The molecule has 0 bridgehead atoms. The molecule has 16 heavy (non-hydrogen) atoms. The topological polar surface area (TPSA) is 23.8 Å².